The number of ether oxygens (including phenoxy) is 10. The molecule has 0 aromatic rings. The van der Waals surface area contributed by atoms with E-state index in [9.17, 15) is 61.3 Å². The minimum atomic E-state index is -1.76. The standard InChI is InChI=1S/C50H82O22/c1-20(17-64-44-40(61)38(59)36(57)31(16-51)68-44)9-12-50(63-6)21(2)33-30(72-50)15-27-25-8-7-23-13-24(52)14-32(49(23,5)26(25)10-11-48(27,33)4)69-47-43(71-46-41(62)37(58)34(55)22(3)67-46)42(29(54)19-66-47)70-45-39(60)35(56)28(53)18-65-45/h7,20-22,24-47,51-62H,8-19H2,1-6H3/t20-,21+,22+,24-,25-,26+,27+,28-,29+,30+,31-,32-,33+,34+,35+,36-,37-,38+,39-,40-,41-,42+,43-,44-,45+,46+,47+,48+,49+,50-/m1/s1. The lowest BCUT2D eigenvalue weighted by Gasteiger charge is -2.60. The lowest BCUT2D eigenvalue weighted by molar-refractivity contribution is -0.382. The molecule has 5 aliphatic heterocycles. The van der Waals surface area contributed by atoms with Gasteiger partial charge in [-0.1, -0.05) is 39.3 Å². The van der Waals surface area contributed by atoms with E-state index in [1.54, 1.807) is 7.11 Å². The molecule has 0 unspecified atom stereocenters. The minimum Gasteiger partial charge on any atom is -0.394 e. The first-order valence-electron chi connectivity index (χ1n) is 26.2. The third-order valence-electron chi connectivity index (χ3n) is 19.1. The van der Waals surface area contributed by atoms with E-state index in [0.717, 1.165) is 31.3 Å². The Balaban J connectivity index is 0.911. The Bertz CT molecular complexity index is 1860. The number of aliphatic hydroxyl groups is 12. The van der Waals surface area contributed by atoms with Gasteiger partial charge in [0.15, 0.2) is 30.9 Å². The highest BCUT2D eigenvalue weighted by atomic mass is 16.8. The van der Waals surface area contributed by atoms with Crippen molar-refractivity contribution in [1.82, 2.24) is 0 Å². The molecule has 30 atom stereocenters. The van der Waals surface area contributed by atoms with E-state index in [1.807, 2.05) is 6.92 Å². The number of methoxy groups -OCH3 is 1. The number of rotatable bonds is 14. The van der Waals surface area contributed by atoms with Crippen molar-refractivity contribution >= 4 is 0 Å². The first-order chi connectivity index (χ1) is 34.1. The Kier molecular flexibility index (Phi) is 16.7. The summed E-state index contributed by atoms with van der Waals surface area (Å²) in [5.41, 5.74) is 0.357. The molecule has 72 heavy (non-hydrogen) atoms. The van der Waals surface area contributed by atoms with Gasteiger partial charge in [-0.25, -0.2) is 0 Å². The topological polar surface area (TPSA) is 335 Å². The summed E-state index contributed by atoms with van der Waals surface area (Å²) in [4.78, 5) is 0. The smallest absolute Gasteiger partial charge is 0.187 e. The summed E-state index contributed by atoms with van der Waals surface area (Å²) in [5.74, 6) is -0.0577. The molecule has 22 heteroatoms. The lowest BCUT2D eigenvalue weighted by atomic mass is 9.46. The normalized spacial score (nSPS) is 55.1. The predicted octanol–water partition coefficient (Wildman–Crippen LogP) is -2.10. The second-order valence-corrected chi connectivity index (χ2v) is 23.2. The fourth-order valence-electron chi connectivity index (χ4n) is 14.8. The van der Waals surface area contributed by atoms with Crippen molar-refractivity contribution in [1.29, 1.82) is 0 Å². The second-order valence-electron chi connectivity index (χ2n) is 23.2. The summed E-state index contributed by atoms with van der Waals surface area (Å²) in [5, 5.41) is 127. The van der Waals surface area contributed by atoms with Crippen molar-refractivity contribution in [3.05, 3.63) is 11.6 Å². The van der Waals surface area contributed by atoms with Gasteiger partial charge in [0, 0.05) is 31.3 Å². The summed E-state index contributed by atoms with van der Waals surface area (Å²) in [6.07, 6.45) is -20.1. The Morgan fingerprint density at radius 3 is 2.11 bits per heavy atom. The van der Waals surface area contributed by atoms with Crippen LogP contribution in [0.2, 0.25) is 0 Å². The molecule has 0 spiro atoms. The zero-order valence-electron chi connectivity index (χ0n) is 42.1. The van der Waals surface area contributed by atoms with E-state index in [-0.39, 0.29) is 73.3 Å². The number of aliphatic hydroxyl groups excluding tert-OH is 12. The summed E-state index contributed by atoms with van der Waals surface area (Å²) >= 11 is 0. The molecular formula is C50H82O22. The molecule has 414 valence electrons. The van der Waals surface area contributed by atoms with Crippen molar-refractivity contribution in [2.75, 3.05) is 33.5 Å². The second kappa shape index (κ2) is 21.6. The van der Waals surface area contributed by atoms with Crippen LogP contribution in [0.4, 0.5) is 0 Å². The van der Waals surface area contributed by atoms with E-state index >= 15 is 0 Å². The van der Waals surface area contributed by atoms with Crippen LogP contribution in [-0.2, 0) is 47.4 Å². The highest BCUT2D eigenvalue weighted by Crippen LogP contribution is 2.70. The van der Waals surface area contributed by atoms with Gasteiger partial charge in [0.25, 0.3) is 0 Å². The van der Waals surface area contributed by atoms with Gasteiger partial charge >= 0.3 is 0 Å². The third kappa shape index (κ3) is 9.69. The van der Waals surface area contributed by atoms with E-state index < -0.39 is 141 Å². The molecule has 8 fully saturated rings. The van der Waals surface area contributed by atoms with Crippen LogP contribution in [0.15, 0.2) is 11.6 Å². The number of allylic oxidation sites excluding steroid dienone is 1. The highest BCUT2D eigenvalue weighted by Gasteiger charge is 2.69. The minimum absolute atomic E-state index is 0.0298. The first-order valence-corrected chi connectivity index (χ1v) is 26.2. The van der Waals surface area contributed by atoms with Crippen LogP contribution < -0.4 is 0 Å². The molecule has 0 radical (unpaired) electrons. The Hall–Kier alpha value is -1.14. The van der Waals surface area contributed by atoms with Crippen LogP contribution in [-0.4, -0.2) is 230 Å². The summed E-state index contributed by atoms with van der Waals surface area (Å²) in [6, 6.07) is 0. The molecule has 22 nitrogen and oxygen atoms in total. The maximum atomic E-state index is 11.5. The van der Waals surface area contributed by atoms with Gasteiger partial charge in [-0.05, 0) is 80.5 Å². The van der Waals surface area contributed by atoms with Gasteiger partial charge < -0.3 is 109 Å². The number of hydrogen-bond acceptors (Lipinski definition) is 22. The van der Waals surface area contributed by atoms with Crippen LogP contribution in [0.25, 0.3) is 0 Å². The summed E-state index contributed by atoms with van der Waals surface area (Å²) < 4.78 is 62.0. The van der Waals surface area contributed by atoms with E-state index in [2.05, 4.69) is 26.8 Å². The van der Waals surface area contributed by atoms with Crippen molar-refractivity contribution < 1.29 is 109 Å². The average molecular weight is 1040 g/mol. The van der Waals surface area contributed by atoms with Crippen molar-refractivity contribution in [2.24, 2.45) is 46.3 Å². The molecule has 0 aromatic carbocycles. The Labute approximate surface area is 420 Å². The molecule has 9 rings (SSSR count). The van der Waals surface area contributed by atoms with Gasteiger partial charge in [-0.15, -0.1) is 0 Å². The van der Waals surface area contributed by atoms with E-state index in [0.29, 0.717) is 19.3 Å². The van der Waals surface area contributed by atoms with Crippen LogP contribution >= 0.6 is 0 Å². The molecule has 0 aromatic heterocycles. The molecule has 3 saturated carbocycles. The first kappa shape index (κ1) is 55.6. The molecule has 12 N–H and O–H groups in total. The van der Waals surface area contributed by atoms with Gasteiger partial charge in [-0.2, -0.15) is 0 Å². The largest absolute Gasteiger partial charge is 0.394 e. The fraction of sp³-hybridized carbons (Fsp3) is 0.960. The maximum Gasteiger partial charge on any atom is 0.187 e. The molecule has 5 heterocycles. The Morgan fingerprint density at radius 1 is 0.722 bits per heavy atom. The van der Waals surface area contributed by atoms with Crippen LogP contribution in [0.1, 0.15) is 86.0 Å². The van der Waals surface area contributed by atoms with Gasteiger partial charge in [0.2, 0.25) is 0 Å². The monoisotopic (exact) mass is 1030 g/mol. The van der Waals surface area contributed by atoms with Gasteiger partial charge in [0.1, 0.15) is 79.4 Å². The zero-order valence-corrected chi connectivity index (χ0v) is 42.1. The predicted molar refractivity (Wildman–Crippen MR) is 244 cm³/mol. The average Bonchev–Trinajstić information content (AvgIpc) is 3.81. The fourth-order valence-corrected chi connectivity index (χ4v) is 14.8. The molecular weight excluding hydrogens is 953 g/mol. The highest BCUT2D eigenvalue weighted by molar-refractivity contribution is 5.29. The lowest BCUT2D eigenvalue weighted by Crippen LogP contribution is -2.65. The molecule has 0 amide bonds. The molecule has 5 saturated heterocycles. The number of fused-ring (bicyclic) bond motifs is 7. The van der Waals surface area contributed by atoms with Crippen LogP contribution in [0.5, 0.6) is 0 Å². The summed E-state index contributed by atoms with van der Waals surface area (Å²) in [7, 11) is 1.69. The van der Waals surface area contributed by atoms with Crippen LogP contribution in [0.3, 0.4) is 0 Å². The Morgan fingerprint density at radius 2 is 1.39 bits per heavy atom. The van der Waals surface area contributed by atoms with Crippen molar-refractivity contribution in [3.8, 4) is 0 Å². The van der Waals surface area contributed by atoms with Crippen LogP contribution in [0, 0.1) is 46.3 Å². The quantitative estimate of drug-likeness (QED) is 0.0829. The van der Waals surface area contributed by atoms with Crippen molar-refractivity contribution in [2.45, 2.75) is 221 Å². The van der Waals surface area contributed by atoms with E-state index in [1.165, 1.54) is 6.92 Å². The number of hydrogen-bond donors (Lipinski definition) is 12. The van der Waals surface area contributed by atoms with Gasteiger partial charge in [-0.3, -0.25) is 0 Å². The van der Waals surface area contributed by atoms with Gasteiger partial charge in [0.05, 0.1) is 50.8 Å². The third-order valence-corrected chi connectivity index (χ3v) is 19.1. The molecule has 0 bridgehead atoms. The van der Waals surface area contributed by atoms with Crippen molar-refractivity contribution in [3.63, 3.8) is 0 Å². The SMILES string of the molecule is CO[C@]1(CC[C@@H](C)CO[C@@H]2O[C@H](CO)[C@@H](O)[C@H](O)[C@H]2O)O[C@H]2C[C@H]3[C@@H]4CC=C5C[C@@H](O)C[C@@H](O[C@@H]6OC[C@H](O)[C@H](O[C@@H]7OC[C@@H](O)[C@H](O)[C@H]7O)[C@H]6O[C@@H]6O[C@@H](C)[C@H](O)[C@@H](O)[C@H]6O)[C@]5(C)[C@H]4CC[C@]3(C)[C@H]2[C@@H]1C. The molecule has 4 aliphatic carbocycles. The molecule has 9 aliphatic rings. The maximum absolute atomic E-state index is 11.5. The zero-order chi connectivity index (χ0) is 51.9. The van der Waals surface area contributed by atoms with E-state index in [4.69, 9.17) is 47.4 Å². The summed E-state index contributed by atoms with van der Waals surface area (Å²) in [6.45, 7) is 9.23.